The molecule has 0 unspecified atom stereocenters. The number of piperazine rings is 1. The van der Waals surface area contributed by atoms with E-state index in [1.54, 1.807) is 0 Å². The van der Waals surface area contributed by atoms with Crippen molar-refractivity contribution in [1.82, 2.24) is 5.32 Å². The number of aryl methyl sites for hydroxylation is 2. The number of nitrogens with one attached hydrogen (secondary N) is 1. The zero-order valence-corrected chi connectivity index (χ0v) is 10.1. The lowest BCUT2D eigenvalue weighted by molar-refractivity contribution is 0.588. The van der Waals surface area contributed by atoms with Gasteiger partial charge in [0.2, 0.25) is 0 Å². The summed E-state index contributed by atoms with van der Waals surface area (Å²) in [5.74, 6) is 0. The highest BCUT2D eigenvalue weighted by Crippen LogP contribution is 2.32. The van der Waals surface area contributed by atoms with Gasteiger partial charge in [-0.1, -0.05) is 23.7 Å². The van der Waals surface area contributed by atoms with Crippen molar-refractivity contribution >= 4 is 17.3 Å². The number of rotatable bonds is 1. The number of hydrogen-bond donors (Lipinski definition) is 1. The Kier molecular flexibility index (Phi) is 3.17. The van der Waals surface area contributed by atoms with Crippen molar-refractivity contribution in [3.63, 3.8) is 0 Å². The summed E-state index contributed by atoms with van der Waals surface area (Å²) >= 11 is 6.37. The fourth-order valence-corrected chi connectivity index (χ4v) is 2.37. The van der Waals surface area contributed by atoms with Gasteiger partial charge in [0, 0.05) is 26.2 Å². The van der Waals surface area contributed by atoms with Gasteiger partial charge in [0.15, 0.2) is 0 Å². The van der Waals surface area contributed by atoms with Crippen LogP contribution in [0.4, 0.5) is 5.69 Å². The molecule has 2 nitrogen and oxygen atoms in total. The number of halogens is 1. The average Bonchev–Trinajstić information content (AvgIpc) is 2.26. The lowest BCUT2D eigenvalue weighted by Gasteiger charge is -2.31. The highest BCUT2D eigenvalue weighted by molar-refractivity contribution is 6.34. The van der Waals surface area contributed by atoms with E-state index in [2.05, 4.69) is 36.2 Å². The average molecular weight is 225 g/mol. The SMILES string of the molecule is Cc1ccc(C)c(N2CCNCC2)c1Cl. The molecule has 1 aliphatic heterocycles. The first-order valence-corrected chi connectivity index (χ1v) is 5.79. The molecule has 82 valence electrons. The van der Waals surface area contributed by atoms with Crippen LogP contribution in [0.2, 0.25) is 5.02 Å². The Hall–Kier alpha value is -0.730. The lowest BCUT2D eigenvalue weighted by Crippen LogP contribution is -2.44. The molecule has 3 heteroatoms. The molecular formula is C12H17ClN2. The molecule has 1 aromatic rings. The van der Waals surface area contributed by atoms with E-state index in [9.17, 15) is 0 Å². The van der Waals surface area contributed by atoms with Gasteiger partial charge in [-0.15, -0.1) is 0 Å². The Morgan fingerprint density at radius 1 is 1.13 bits per heavy atom. The second-order valence-electron chi connectivity index (χ2n) is 4.10. The molecule has 0 saturated carbocycles. The zero-order valence-electron chi connectivity index (χ0n) is 9.31. The second kappa shape index (κ2) is 4.42. The van der Waals surface area contributed by atoms with Crippen LogP contribution in [-0.4, -0.2) is 26.2 Å². The van der Waals surface area contributed by atoms with Gasteiger partial charge in [0.25, 0.3) is 0 Å². The summed E-state index contributed by atoms with van der Waals surface area (Å²) in [6.07, 6.45) is 0. The van der Waals surface area contributed by atoms with Crippen molar-refractivity contribution in [3.8, 4) is 0 Å². The van der Waals surface area contributed by atoms with Crippen LogP contribution in [-0.2, 0) is 0 Å². The van der Waals surface area contributed by atoms with Gasteiger partial charge in [-0.05, 0) is 25.0 Å². The van der Waals surface area contributed by atoms with E-state index in [-0.39, 0.29) is 0 Å². The van der Waals surface area contributed by atoms with Crippen LogP contribution in [0.1, 0.15) is 11.1 Å². The van der Waals surface area contributed by atoms with E-state index in [1.807, 2.05) is 0 Å². The minimum absolute atomic E-state index is 0.914. The molecule has 0 amide bonds. The van der Waals surface area contributed by atoms with Gasteiger partial charge >= 0.3 is 0 Å². The summed E-state index contributed by atoms with van der Waals surface area (Å²) in [7, 11) is 0. The monoisotopic (exact) mass is 224 g/mol. The minimum atomic E-state index is 0.914. The Balaban J connectivity index is 2.36. The van der Waals surface area contributed by atoms with E-state index < -0.39 is 0 Å². The first-order chi connectivity index (χ1) is 7.20. The summed E-state index contributed by atoms with van der Waals surface area (Å²) in [5, 5.41) is 4.27. The molecule has 0 aromatic heterocycles. The third kappa shape index (κ3) is 2.11. The number of anilines is 1. The van der Waals surface area contributed by atoms with Crippen molar-refractivity contribution in [2.75, 3.05) is 31.1 Å². The van der Waals surface area contributed by atoms with Crippen LogP contribution in [0.25, 0.3) is 0 Å². The lowest BCUT2D eigenvalue weighted by atomic mass is 10.1. The maximum atomic E-state index is 6.37. The van der Waals surface area contributed by atoms with Gasteiger partial charge in [-0.2, -0.15) is 0 Å². The van der Waals surface area contributed by atoms with Gasteiger partial charge in [-0.25, -0.2) is 0 Å². The predicted octanol–water partition coefficient (Wildman–Crippen LogP) is 2.37. The van der Waals surface area contributed by atoms with Crippen LogP contribution in [0.15, 0.2) is 12.1 Å². The summed E-state index contributed by atoms with van der Waals surface area (Å²) in [4.78, 5) is 2.38. The topological polar surface area (TPSA) is 15.3 Å². The second-order valence-corrected chi connectivity index (χ2v) is 4.48. The predicted molar refractivity (Wildman–Crippen MR) is 66.0 cm³/mol. The van der Waals surface area contributed by atoms with Crippen LogP contribution < -0.4 is 10.2 Å². The van der Waals surface area contributed by atoms with E-state index in [4.69, 9.17) is 11.6 Å². The Labute approximate surface area is 96.2 Å². The van der Waals surface area contributed by atoms with Gasteiger partial charge < -0.3 is 10.2 Å². The number of benzene rings is 1. The molecule has 0 bridgehead atoms. The normalized spacial score (nSPS) is 16.9. The molecule has 15 heavy (non-hydrogen) atoms. The molecule has 2 rings (SSSR count). The van der Waals surface area contributed by atoms with Crippen molar-refractivity contribution in [1.29, 1.82) is 0 Å². The number of hydrogen-bond acceptors (Lipinski definition) is 2. The Morgan fingerprint density at radius 2 is 1.73 bits per heavy atom. The van der Waals surface area contributed by atoms with Crippen molar-refractivity contribution in [2.45, 2.75) is 13.8 Å². The van der Waals surface area contributed by atoms with E-state index in [0.29, 0.717) is 0 Å². The molecule has 1 saturated heterocycles. The molecule has 1 heterocycles. The molecule has 1 aliphatic rings. The maximum Gasteiger partial charge on any atom is 0.0671 e. The summed E-state index contributed by atoms with van der Waals surface area (Å²) < 4.78 is 0. The third-order valence-electron chi connectivity index (χ3n) is 2.94. The van der Waals surface area contributed by atoms with Crippen molar-refractivity contribution < 1.29 is 0 Å². The quantitative estimate of drug-likeness (QED) is 0.788. The first kappa shape index (κ1) is 10.8. The van der Waals surface area contributed by atoms with E-state index >= 15 is 0 Å². The molecule has 1 aromatic carbocycles. The summed E-state index contributed by atoms with van der Waals surface area (Å²) in [6, 6.07) is 4.24. The maximum absolute atomic E-state index is 6.37. The third-order valence-corrected chi connectivity index (χ3v) is 3.42. The summed E-state index contributed by atoms with van der Waals surface area (Å²) in [6.45, 7) is 8.37. The molecule has 0 aliphatic carbocycles. The molecule has 1 fully saturated rings. The highest BCUT2D eigenvalue weighted by Gasteiger charge is 2.16. The molecule has 1 N–H and O–H groups in total. The van der Waals surface area contributed by atoms with Gasteiger partial charge in [0.1, 0.15) is 0 Å². The van der Waals surface area contributed by atoms with Crippen molar-refractivity contribution in [3.05, 3.63) is 28.3 Å². The smallest absolute Gasteiger partial charge is 0.0671 e. The van der Waals surface area contributed by atoms with E-state index in [1.165, 1.54) is 11.3 Å². The van der Waals surface area contributed by atoms with Crippen LogP contribution >= 0.6 is 11.6 Å². The molecule has 0 radical (unpaired) electrons. The van der Waals surface area contributed by atoms with Gasteiger partial charge in [-0.3, -0.25) is 0 Å². The molecule has 0 spiro atoms. The first-order valence-electron chi connectivity index (χ1n) is 5.41. The van der Waals surface area contributed by atoms with E-state index in [0.717, 1.165) is 36.8 Å². The van der Waals surface area contributed by atoms with Gasteiger partial charge in [0.05, 0.1) is 10.7 Å². The number of nitrogens with zero attached hydrogens (tertiary/aromatic N) is 1. The van der Waals surface area contributed by atoms with Crippen LogP contribution in [0.3, 0.4) is 0 Å². The highest BCUT2D eigenvalue weighted by atomic mass is 35.5. The molecule has 0 atom stereocenters. The Morgan fingerprint density at radius 3 is 2.40 bits per heavy atom. The Bertz CT molecular complexity index is 357. The largest absolute Gasteiger partial charge is 0.368 e. The van der Waals surface area contributed by atoms with Crippen LogP contribution in [0, 0.1) is 13.8 Å². The summed E-state index contributed by atoms with van der Waals surface area (Å²) in [5.41, 5.74) is 3.65. The fourth-order valence-electron chi connectivity index (χ4n) is 2.04. The molecular weight excluding hydrogens is 208 g/mol. The van der Waals surface area contributed by atoms with Crippen LogP contribution in [0.5, 0.6) is 0 Å². The van der Waals surface area contributed by atoms with Crippen molar-refractivity contribution in [2.24, 2.45) is 0 Å². The standard InChI is InChI=1S/C12H17ClN2/c1-9-3-4-10(2)12(11(9)13)15-7-5-14-6-8-15/h3-4,14H,5-8H2,1-2H3. The zero-order chi connectivity index (χ0) is 10.8. The minimum Gasteiger partial charge on any atom is -0.368 e. The fraction of sp³-hybridized carbons (Fsp3) is 0.500.